The summed E-state index contributed by atoms with van der Waals surface area (Å²) < 4.78 is 36.9. The van der Waals surface area contributed by atoms with Crippen LogP contribution in [0.2, 0.25) is 0 Å². The number of nitrogens with one attached hydrogen (secondary N) is 1. The van der Waals surface area contributed by atoms with Crippen LogP contribution in [0.15, 0.2) is 18.3 Å². The molecule has 1 heterocycles. The number of aliphatic hydroxyl groups is 1. The summed E-state index contributed by atoms with van der Waals surface area (Å²) in [4.78, 5) is 3.25. The summed E-state index contributed by atoms with van der Waals surface area (Å²) in [6.07, 6.45) is -3.81. The number of rotatable bonds is 4. The van der Waals surface area contributed by atoms with Crippen molar-refractivity contribution in [1.29, 1.82) is 0 Å². The van der Waals surface area contributed by atoms with Gasteiger partial charge in [0.05, 0.1) is 6.10 Å². The van der Waals surface area contributed by atoms with Crippen LogP contribution in [0.25, 0.3) is 0 Å². The van der Waals surface area contributed by atoms with E-state index < -0.39 is 18.0 Å². The monoisotopic (exact) mass is 234 g/mol. The second-order valence-corrected chi connectivity index (χ2v) is 3.53. The van der Waals surface area contributed by atoms with Gasteiger partial charge >= 0.3 is 6.18 Å². The number of halogens is 3. The second-order valence-electron chi connectivity index (χ2n) is 3.53. The molecule has 16 heavy (non-hydrogen) atoms. The van der Waals surface area contributed by atoms with Crippen LogP contribution in [-0.2, 0) is 12.7 Å². The van der Waals surface area contributed by atoms with Gasteiger partial charge in [-0.15, -0.1) is 0 Å². The fourth-order valence-electron chi connectivity index (χ4n) is 1.16. The lowest BCUT2D eigenvalue weighted by Crippen LogP contribution is -2.24. The standard InChI is InChI=1S/C10H13F3N2O/c1-7(16)5-14-6-8-2-3-15-9(4-8)10(11,12)13/h2-4,7,14,16H,5-6H2,1H3/t7-/m0/s1. The maximum atomic E-state index is 12.3. The maximum absolute atomic E-state index is 12.3. The zero-order valence-corrected chi connectivity index (χ0v) is 8.75. The molecule has 0 aromatic carbocycles. The molecule has 1 atom stereocenters. The van der Waals surface area contributed by atoms with Crippen LogP contribution in [0, 0.1) is 0 Å². The molecule has 0 aliphatic rings. The highest BCUT2D eigenvalue weighted by molar-refractivity contribution is 5.18. The normalized spacial score (nSPS) is 13.8. The van der Waals surface area contributed by atoms with Crippen molar-refractivity contribution in [3.05, 3.63) is 29.6 Å². The Labute approximate surface area is 91.3 Å². The highest BCUT2D eigenvalue weighted by atomic mass is 19.4. The molecule has 3 nitrogen and oxygen atoms in total. The van der Waals surface area contributed by atoms with Gasteiger partial charge in [-0.1, -0.05) is 0 Å². The summed E-state index contributed by atoms with van der Waals surface area (Å²) in [6.45, 7) is 2.21. The summed E-state index contributed by atoms with van der Waals surface area (Å²) >= 11 is 0. The van der Waals surface area contributed by atoms with E-state index in [0.29, 0.717) is 12.1 Å². The lowest BCUT2D eigenvalue weighted by molar-refractivity contribution is -0.141. The average molecular weight is 234 g/mol. The van der Waals surface area contributed by atoms with E-state index in [4.69, 9.17) is 5.11 Å². The third-order valence-electron chi connectivity index (χ3n) is 1.88. The van der Waals surface area contributed by atoms with Gasteiger partial charge < -0.3 is 10.4 Å². The van der Waals surface area contributed by atoms with Gasteiger partial charge in [-0.25, -0.2) is 0 Å². The zero-order chi connectivity index (χ0) is 12.2. The fraction of sp³-hybridized carbons (Fsp3) is 0.500. The van der Waals surface area contributed by atoms with Crippen molar-refractivity contribution in [2.75, 3.05) is 6.54 Å². The molecule has 90 valence electrons. The Bertz CT molecular complexity index is 339. The summed E-state index contributed by atoms with van der Waals surface area (Å²) in [5, 5.41) is 11.8. The van der Waals surface area contributed by atoms with E-state index in [1.54, 1.807) is 6.92 Å². The number of hydrogen-bond donors (Lipinski definition) is 2. The first-order valence-electron chi connectivity index (χ1n) is 4.80. The first-order chi connectivity index (χ1) is 7.39. The van der Waals surface area contributed by atoms with Crippen LogP contribution in [0.4, 0.5) is 13.2 Å². The van der Waals surface area contributed by atoms with Crippen molar-refractivity contribution >= 4 is 0 Å². The fourth-order valence-corrected chi connectivity index (χ4v) is 1.16. The Morgan fingerprint density at radius 3 is 2.75 bits per heavy atom. The predicted molar refractivity (Wildman–Crippen MR) is 52.6 cm³/mol. The summed E-state index contributed by atoms with van der Waals surface area (Å²) in [5.41, 5.74) is -0.410. The van der Waals surface area contributed by atoms with Gasteiger partial charge in [-0.2, -0.15) is 13.2 Å². The molecule has 0 radical (unpaired) electrons. The molecule has 6 heteroatoms. The number of hydrogen-bond acceptors (Lipinski definition) is 3. The lowest BCUT2D eigenvalue weighted by Gasteiger charge is -2.09. The number of aliphatic hydroxyl groups excluding tert-OH is 1. The predicted octanol–water partition coefficient (Wildman–Crippen LogP) is 1.57. The minimum absolute atomic E-state index is 0.274. The molecular formula is C10H13F3N2O. The quantitative estimate of drug-likeness (QED) is 0.831. The molecule has 1 aromatic heterocycles. The van der Waals surface area contributed by atoms with Crippen LogP contribution < -0.4 is 5.32 Å². The molecule has 0 saturated heterocycles. The number of aromatic nitrogens is 1. The SMILES string of the molecule is C[C@H](O)CNCc1ccnc(C(F)(F)F)c1. The molecule has 0 fully saturated rings. The van der Waals surface area contributed by atoms with Crippen molar-refractivity contribution in [3.8, 4) is 0 Å². The van der Waals surface area contributed by atoms with Gasteiger partial charge in [0.25, 0.3) is 0 Å². The van der Waals surface area contributed by atoms with Gasteiger partial charge in [0.15, 0.2) is 0 Å². The van der Waals surface area contributed by atoms with E-state index in [-0.39, 0.29) is 6.54 Å². The first kappa shape index (κ1) is 12.9. The molecule has 1 aromatic rings. The van der Waals surface area contributed by atoms with Crippen molar-refractivity contribution in [2.24, 2.45) is 0 Å². The largest absolute Gasteiger partial charge is 0.433 e. The van der Waals surface area contributed by atoms with Crippen LogP contribution >= 0.6 is 0 Å². The molecular weight excluding hydrogens is 221 g/mol. The highest BCUT2D eigenvalue weighted by Gasteiger charge is 2.32. The summed E-state index contributed by atoms with van der Waals surface area (Å²) in [7, 11) is 0. The number of nitrogens with zero attached hydrogens (tertiary/aromatic N) is 1. The van der Waals surface area contributed by atoms with Gasteiger partial charge in [-0.3, -0.25) is 4.98 Å². The Balaban J connectivity index is 2.61. The highest BCUT2D eigenvalue weighted by Crippen LogP contribution is 2.27. The smallest absolute Gasteiger partial charge is 0.392 e. The van der Waals surface area contributed by atoms with Crippen molar-refractivity contribution in [2.45, 2.75) is 25.7 Å². The van der Waals surface area contributed by atoms with Gasteiger partial charge in [-0.05, 0) is 24.6 Å². The molecule has 0 aliphatic heterocycles. The first-order valence-corrected chi connectivity index (χ1v) is 4.80. The minimum atomic E-state index is -4.42. The van der Waals surface area contributed by atoms with E-state index in [0.717, 1.165) is 12.3 Å². The summed E-state index contributed by atoms with van der Waals surface area (Å²) in [5.74, 6) is 0. The third kappa shape index (κ3) is 4.16. The molecule has 0 unspecified atom stereocenters. The molecule has 0 amide bonds. The average Bonchev–Trinajstić information content (AvgIpc) is 2.16. The summed E-state index contributed by atoms with van der Waals surface area (Å²) in [6, 6.07) is 2.50. The van der Waals surface area contributed by atoms with Gasteiger partial charge in [0.1, 0.15) is 5.69 Å². The van der Waals surface area contributed by atoms with Crippen LogP contribution in [-0.4, -0.2) is 22.7 Å². The molecule has 1 rings (SSSR count). The lowest BCUT2D eigenvalue weighted by atomic mass is 10.2. The van der Waals surface area contributed by atoms with Crippen LogP contribution in [0.3, 0.4) is 0 Å². The van der Waals surface area contributed by atoms with E-state index in [1.165, 1.54) is 6.07 Å². The van der Waals surface area contributed by atoms with Gasteiger partial charge in [0.2, 0.25) is 0 Å². The Morgan fingerprint density at radius 1 is 1.50 bits per heavy atom. The van der Waals surface area contributed by atoms with E-state index >= 15 is 0 Å². The minimum Gasteiger partial charge on any atom is -0.392 e. The molecule has 0 bridgehead atoms. The van der Waals surface area contributed by atoms with E-state index in [1.807, 2.05) is 0 Å². The second kappa shape index (κ2) is 5.27. The molecule has 0 saturated carbocycles. The van der Waals surface area contributed by atoms with E-state index in [2.05, 4.69) is 10.3 Å². The van der Waals surface area contributed by atoms with Crippen LogP contribution in [0.1, 0.15) is 18.2 Å². The maximum Gasteiger partial charge on any atom is 0.433 e. The Hall–Kier alpha value is -1.14. The van der Waals surface area contributed by atoms with Gasteiger partial charge in [0, 0.05) is 19.3 Å². The van der Waals surface area contributed by atoms with Crippen molar-refractivity contribution in [3.63, 3.8) is 0 Å². The molecule has 0 spiro atoms. The number of alkyl halides is 3. The Kier molecular flexibility index (Phi) is 4.26. The topological polar surface area (TPSA) is 45.1 Å². The van der Waals surface area contributed by atoms with E-state index in [9.17, 15) is 13.2 Å². The third-order valence-corrected chi connectivity index (χ3v) is 1.88. The number of pyridine rings is 1. The van der Waals surface area contributed by atoms with Crippen LogP contribution in [0.5, 0.6) is 0 Å². The molecule has 2 N–H and O–H groups in total. The Morgan fingerprint density at radius 2 is 2.19 bits per heavy atom. The zero-order valence-electron chi connectivity index (χ0n) is 8.75. The molecule has 0 aliphatic carbocycles. The van der Waals surface area contributed by atoms with Crippen molar-refractivity contribution < 1.29 is 18.3 Å². The van der Waals surface area contributed by atoms with Crippen molar-refractivity contribution in [1.82, 2.24) is 10.3 Å².